The Balaban J connectivity index is 2.95. The third kappa shape index (κ3) is 10.0. The van der Waals surface area contributed by atoms with Crippen LogP contribution in [0.5, 0.6) is 0 Å². The van der Waals surface area contributed by atoms with Gasteiger partial charge in [0.15, 0.2) is 5.96 Å². The zero-order valence-corrected chi connectivity index (χ0v) is 20.2. The van der Waals surface area contributed by atoms with Crippen LogP contribution < -0.4 is 33.6 Å². The fraction of sp³-hybridized carbons (Fsp3) is 0.762. The number of aliphatic hydroxyl groups excluding tert-OH is 1. The fourth-order valence-electron chi connectivity index (χ4n) is 3.82. The van der Waals surface area contributed by atoms with Crippen LogP contribution in [-0.2, 0) is 19.2 Å². The largest absolute Gasteiger partial charge is 0.480 e. The van der Waals surface area contributed by atoms with Gasteiger partial charge in [0, 0.05) is 13.1 Å². The molecule has 200 valence electrons. The van der Waals surface area contributed by atoms with E-state index in [1.54, 1.807) is 0 Å². The first-order valence-corrected chi connectivity index (χ1v) is 11.8. The summed E-state index contributed by atoms with van der Waals surface area (Å²) in [4.78, 5) is 55.2. The van der Waals surface area contributed by atoms with Crippen molar-refractivity contribution in [2.75, 3.05) is 19.6 Å². The first-order chi connectivity index (χ1) is 16.5. The zero-order chi connectivity index (χ0) is 26.5. The molecular weight excluding hydrogens is 460 g/mol. The summed E-state index contributed by atoms with van der Waals surface area (Å²) >= 11 is 0. The number of carboxylic acid groups (broad SMARTS) is 1. The fourth-order valence-corrected chi connectivity index (χ4v) is 3.82. The lowest BCUT2D eigenvalue weighted by molar-refractivity contribution is -0.149. The highest BCUT2D eigenvalue weighted by Gasteiger charge is 2.38. The van der Waals surface area contributed by atoms with E-state index in [0.29, 0.717) is 45.1 Å². The minimum Gasteiger partial charge on any atom is -0.480 e. The summed E-state index contributed by atoms with van der Waals surface area (Å²) < 4.78 is 0. The molecule has 12 N–H and O–H groups in total. The maximum atomic E-state index is 13.2. The zero-order valence-electron chi connectivity index (χ0n) is 20.2. The number of aliphatic hydroxyl groups is 1. The molecule has 5 atom stereocenters. The Kier molecular flexibility index (Phi) is 13.0. The summed E-state index contributed by atoms with van der Waals surface area (Å²) in [5, 5.41) is 24.6. The normalized spacial score (nSPS) is 18.7. The highest BCUT2D eigenvalue weighted by molar-refractivity contribution is 5.94. The number of amides is 3. The van der Waals surface area contributed by atoms with E-state index >= 15 is 0 Å². The molecule has 5 unspecified atom stereocenters. The Hall–Kier alpha value is -2.97. The molecule has 1 aliphatic heterocycles. The van der Waals surface area contributed by atoms with Gasteiger partial charge in [-0.15, -0.1) is 0 Å². The Morgan fingerprint density at radius 2 is 1.77 bits per heavy atom. The molecule has 3 amide bonds. The van der Waals surface area contributed by atoms with Crippen molar-refractivity contribution in [2.45, 2.75) is 82.1 Å². The van der Waals surface area contributed by atoms with Crippen LogP contribution >= 0.6 is 0 Å². The highest BCUT2D eigenvalue weighted by Crippen LogP contribution is 2.20. The van der Waals surface area contributed by atoms with E-state index in [9.17, 15) is 29.4 Å². The Bertz CT molecular complexity index is 758. The Morgan fingerprint density at radius 3 is 2.34 bits per heavy atom. The summed E-state index contributed by atoms with van der Waals surface area (Å²) in [5.41, 5.74) is 21.9. The third-order valence-corrected chi connectivity index (χ3v) is 5.75. The second-order valence-corrected chi connectivity index (χ2v) is 8.66. The molecule has 0 spiro atoms. The molecule has 1 heterocycles. The number of guanidine groups is 1. The molecule has 0 bridgehead atoms. The van der Waals surface area contributed by atoms with Crippen molar-refractivity contribution in [1.29, 1.82) is 0 Å². The molecular formula is C21H40N8O6. The highest BCUT2D eigenvalue weighted by atomic mass is 16.4. The lowest BCUT2D eigenvalue weighted by atomic mass is 10.1. The molecule has 1 fully saturated rings. The van der Waals surface area contributed by atoms with E-state index in [2.05, 4.69) is 15.6 Å². The molecule has 0 aromatic heterocycles. The summed E-state index contributed by atoms with van der Waals surface area (Å²) in [6.07, 6.45) is 1.65. The SMILES string of the molecule is CC(O)C(NC(=O)C(N)CCCCN)C(=O)NC(CCCN=C(N)N)C(=O)N1CCCC1C(=O)O. The van der Waals surface area contributed by atoms with Crippen molar-refractivity contribution < 1.29 is 29.4 Å². The van der Waals surface area contributed by atoms with Crippen molar-refractivity contribution >= 4 is 29.7 Å². The predicted octanol–water partition coefficient (Wildman–Crippen LogP) is -3.08. The summed E-state index contributed by atoms with van der Waals surface area (Å²) in [7, 11) is 0. The van der Waals surface area contributed by atoms with Gasteiger partial charge in [-0.1, -0.05) is 6.42 Å². The number of hydrogen-bond donors (Lipinski definition) is 8. The van der Waals surface area contributed by atoms with Crippen LogP contribution in [-0.4, -0.2) is 94.7 Å². The van der Waals surface area contributed by atoms with Gasteiger partial charge in [-0.25, -0.2) is 4.79 Å². The molecule has 1 saturated heterocycles. The number of carboxylic acids is 1. The number of hydrogen-bond acceptors (Lipinski definition) is 8. The molecule has 0 aromatic carbocycles. The molecule has 0 saturated carbocycles. The lowest BCUT2D eigenvalue weighted by Crippen LogP contribution is -2.59. The van der Waals surface area contributed by atoms with Gasteiger partial charge in [0.25, 0.3) is 0 Å². The topological polar surface area (TPSA) is 252 Å². The average Bonchev–Trinajstić information content (AvgIpc) is 3.28. The number of aliphatic imine (C=N–C) groups is 1. The number of likely N-dealkylation sites (tertiary alicyclic amines) is 1. The second kappa shape index (κ2) is 15.1. The minimum atomic E-state index is -1.37. The van der Waals surface area contributed by atoms with E-state index in [1.807, 2.05) is 0 Å². The van der Waals surface area contributed by atoms with E-state index in [4.69, 9.17) is 22.9 Å². The molecule has 14 heteroatoms. The summed E-state index contributed by atoms with van der Waals surface area (Å²) in [5.74, 6) is -3.23. The van der Waals surface area contributed by atoms with Crippen LogP contribution in [0.1, 0.15) is 51.9 Å². The van der Waals surface area contributed by atoms with Crippen LogP contribution in [0.25, 0.3) is 0 Å². The van der Waals surface area contributed by atoms with Gasteiger partial charge in [-0.3, -0.25) is 19.4 Å². The van der Waals surface area contributed by atoms with Gasteiger partial charge < -0.3 is 48.7 Å². The molecule has 0 radical (unpaired) electrons. The summed E-state index contributed by atoms with van der Waals surface area (Å²) in [6, 6.07) is -4.36. The van der Waals surface area contributed by atoms with Crippen LogP contribution in [0.3, 0.4) is 0 Å². The number of nitrogens with two attached hydrogens (primary N) is 4. The number of aliphatic carboxylic acids is 1. The van der Waals surface area contributed by atoms with E-state index < -0.39 is 54.0 Å². The minimum absolute atomic E-state index is 0.114. The standard InChI is InChI=1S/C21H40N8O6/c1-12(30)16(28-17(31)13(23)6-2-3-9-22)18(32)27-14(7-4-10-26-21(24)25)19(33)29-11-5-8-15(29)20(34)35/h12-16,30H,2-11,22-23H2,1H3,(H,27,32)(H,28,31)(H,34,35)(H4,24,25,26). The molecule has 0 aromatic rings. The van der Waals surface area contributed by atoms with Gasteiger partial charge in [0.05, 0.1) is 12.1 Å². The van der Waals surface area contributed by atoms with Gasteiger partial charge >= 0.3 is 5.97 Å². The molecule has 1 rings (SSSR count). The average molecular weight is 501 g/mol. The van der Waals surface area contributed by atoms with Gasteiger partial charge in [0.2, 0.25) is 17.7 Å². The third-order valence-electron chi connectivity index (χ3n) is 5.75. The Labute approximate surface area is 204 Å². The van der Waals surface area contributed by atoms with Crippen LogP contribution in [0.2, 0.25) is 0 Å². The number of unbranched alkanes of at least 4 members (excludes halogenated alkanes) is 1. The number of nitrogens with zero attached hydrogens (tertiary/aromatic N) is 2. The van der Waals surface area contributed by atoms with Gasteiger partial charge in [0.1, 0.15) is 18.1 Å². The van der Waals surface area contributed by atoms with Crippen molar-refractivity contribution in [2.24, 2.45) is 27.9 Å². The van der Waals surface area contributed by atoms with Crippen LogP contribution in [0, 0.1) is 0 Å². The molecule has 14 nitrogen and oxygen atoms in total. The smallest absolute Gasteiger partial charge is 0.326 e. The number of rotatable bonds is 15. The van der Waals surface area contributed by atoms with Crippen LogP contribution in [0.15, 0.2) is 4.99 Å². The first-order valence-electron chi connectivity index (χ1n) is 11.8. The molecule has 35 heavy (non-hydrogen) atoms. The number of carbonyl (C=O) groups is 4. The first kappa shape index (κ1) is 30.1. The number of nitrogens with one attached hydrogen (secondary N) is 2. The maximum absolute atomic E-state index is 13.2. The van der Waals surface area contributed by atoms with E-state index in [1.165, 1.54) is 11.8 Å². The predicted molar refractivity (Wildman–Crippen MR) is 129 cm³/mol. The van der Waals surface area contributed by atoms with Crippen molar-refractivity contribution in [1.82, 2.24) is 15.5 Å². The molecule has 0 aliphatic carbocycles. The quantitative estimate of drug-likeness (QED) is 0.0639. The maximum Gasteiger partial charge on any atom is 0.326 e. The van der Waals surface area contributed by atoms with E-state index in [-0.39, 0.29) is 25.5 Å². The Morgan fingerprint density at radius 1 is 1.09 bits per heavy atom. The monoisotopic (exact) mass is 500 g/mol. The second-order valence-electron chi connectivity index (χ2n) is 8.66. The lowest BCUT2D eigenvalue weighted by Gasteiger charge is -2.29. The molecule has 1 aliphatic rings. The van der Waals surface area contributed by atoms with Crippen molar-refractivity contribution in [3.8, 4) is 0 Å². The van der Waals surface area contributed by atoms with Crippen molar-refractivity contribution in [3.63, 3.8) is 0 Å². The van der Waals surface area contributed by atoms with Gasteiger partial charge in [-0.2, -0.15) is 0 Å². The van der Waals surface area contributed by atoms with Crippen LogP contribution in [0.4, 0.5) is 0 Å². The number of carbonyl (C=O) groups excluding carboxylic acids is 3. The van der Waals surface area contributed by atoms with Crippen molar-refractivity contribution in [3.05, 3.63) is 0 Å². The van der Waals surface area contributed by atoms with E-state index in [0.717, 1.165) is 0 Å². The van der Waals surface area contributed by atoms with Gasteiger partial charge in [-0.05, 0) is 52.0 Å². The summed E-state index contributed by atoms with van der Waals surface area (Å²) in [6.45, 7) is 2.22.